The molecule has 0 spiro atoms. The fraction of sp³-hybridized carbons (Fsp3) is 0. The summed E-state index contributed by atoms with van der Waals surface area (Å²) in [6.45, 7) is 0. The van der Waals surface area contributed by atoms with Gasteiger partial charge in [-0.2, -0.15) is 4.39 Å². The Balaban J connectivity index is 2.19. The smallest absolute Gasteiger partial charge is 0.339 e. The van der Waals surface area contributed by atoms with Crippen LogP contribution in [0, 0.1) is 15.9 Å². The molecule has 0 saturated heterocycles. The SMILES string of the molecule is O=C(O)c1cccn2cc(-c3ccc(F)c([N+](=O)[O-])c3)nc12. The number of nitro benzene ring substituents is 1. The number of hydrogen-bond donors (Lipinski definition) is 1. The zero-order chi connectivity index (χ0) is 15.9. The molecule has 110 valence electrons. The van der Waals surface area contributed by atoms with Crippen molar-refractivity contribution >= 4 is 17.3 Å². The van der Waals surface area contributed by atoms with Crippen molar-refractivity contribution in [2.24, 2.45) is 0 Å². The molecular weight excluding hydrogens is 293 g/mol. The number of aromatic nitrogens is 2. The van der Waals surface area contributed by atoms with E-state index in [-0.39, 0.29) is 11.2 Å². The quantitative estimate of drug-likeness (QED) is 0.592. The number of benzene rings is 1. The lowest BCUT2D eigenvalue weighted by molar-refractivity contribution is -0.387. The molecule has 7 nitrogen and oxygen atoms in total. The zero-order valence-electron chi connectivity index (χ0n) is 10.9. The number of carbonyl (C=O) groups is 1. The molecule has 3 rings (SSSR count). The van der Waals surface area contributed by atoms with E-state index in [9.17, 15) is 19.3 Å². The molecule has 0 fully saturated rings. The number of hydrogen-bond acceptors (Lipinski definition) is 4. The van der Waals surface area contributed by atoms with Gasteiger partial charge in [0.15, 0.2) is 5.65 Å². The maximum absolute atomic E-state index is 13.4. The lowest BCUT2D eigenvalue weighted by Crippen LogP contribution is -1.99. The van der Waals surface area contributed by atoms with E-state index in [2.05, 4.69) is 4.98 Å². The lowest BCUT2D eigenvalue weighted by Gasteiger charge is -1.97. The highest BCUT2D eigenvalue weighted by Gasteiger charge is 2.17. The van der Waals surface area contributed by atoms with Gasteiger partial charge in [0.25, 0.3) is 0 Å². The summed E-state index contributed by atoms with van der Waals surface area (Å²) in [6.07, 6.45) is 3.13. The van der Waals surface area contributed by atoms with Crippen molar-refractivity contribution in [1.29, 1.82) is 0 Å². The van der Waals surface area contributed by atoms with Gasteiger partial charge in [-0.15, -0.1) is 0 Å². The van der Waals surface area contributed by atoms with E-state index < -0.39 is 22.4 Å². The number of carboxylic acids is 1. The van der Waals surface area contributed by atoms with E-state index in [0.29, 0.717) is 11.3 Å². The fourth-order valence-electron chi connectivity index (χ4n) is 2.13. The summed E-state index contributed by atoms with van der Waals surface area (Å²) >= 11 is 0. The van der Waals surface area contributed by atoms with Crippen LogP contribution in [0.2, 0.25) is 0 Å². The van der Waals surface area contributed by atoms with Crippen molar-refractivity contribution in [1.82, 2.24) is 9.38 Å². The Morgan fingerprint density at radius 3 is 2.82 bits per heavy atom. The number of aromatic carboxylic acids is 1. The molecule has 0 aliphatic heterocycles. The number of carboxylic acid groups (broad SMARTS) is 1. The molecule has 0 aliphatic carbocycles. The van der Waals surface area contributed by atoms with Crippen molar-refractivity contribution in [2.75, 3.05) is 0 Å². The number of rotatable bonds is 3. The first-order chi connectivity index (χ1) is 10.5. The van der Waals surface area contributed by atoms with Gasteiger partial charge < -0.3 is 9.51 Å². The van der Waals surface area contributed by atoms with Gasteiger partial charge in [0.2, 0.25) is 5.82 Å². The third kappa shape index (κ3) is 2.16. The largest absolute Gasteiger partial charge is 0.478 e. The summed E-state index contributed by atoms with van der Waals surface area (Å²) in [7, 11) is 0. The normalized spacial score (nSPS) is 10.8. The van der Waals surface area contributed by atoms with E-state index in [1.165, 1.54) is 22.7 Å². The highest BCUT2D eigenvalue weighted by molar-refractivity contribution is 5.94. The topological polar surface area (TPSA) is 97.7 Å². The molecule has 0 unspecified atom stereocenters. The summed E-state index contributed by atoms with van der Waals surface area (Å²) in [6, 6.07) is 6.36. The maximum atomic E-state index is 13.4. The van der Waals surface area contributed by atoms with Gasteiger partial charge in [-0.25, -0.2) is 9.78 Å². The van der Waals surface area contributed by atoms with Crippen LogP contribution in [0.5, 0.6) is 0 Å². The Kier molecular flexibility index (Phi) is 3.06. The second-order valence-corrected chi connectivity index (χ2v) is 4.51. The molecule has 0 amide bonds. The fourth-order valence-corrected chi connectivity index (χ4v) is 2.13. The van der Waals surface area contributed by atoms with Gasteiger partial charge in [0, 0.05) is 24.0 Å². The summed E-state index contributed by atoms with van der Waals surface area (Å²) in [5.41, 5.74) is 0.195. The molecule has 0 atom stereocenters. The van der Waals surface area contributed by atoms with Gasteiger partial charge >= 0.3 is 11.7 Å². The van der Waals surface area contributed by atoms with Crippen LogP contribution in [-0.2, 0) is 0 Å². The van der Waals surface area contributed by atoms with E-state index in [1.54, 1.807) is 12.3 Å². The first kappa shape index (κ1) is 13.7. The highest BCUT2D eigenvalue weighted by Crippen LogP contribution is 2.26. The second kappa shape index (κ2) is 4.92. The zero-order valence-corrected chi connectivity index (χ0v) is 10.9. The number of pyridine rings is 1. The molecule has 0 bridgehead atoms. The van der Waals surface area contributed by atoms with Crippen LogP contribution in [0.4, 0.5) is 10.1 Å². The summed E-state index contributed by atoms with van der Waals surface area (Å²) in [4.78, 5) is 25.3. The van der Waals surface area contributed by atoms with Gasteiger partial charge in [-0.3, -0.25) is 10.1 Å². The van der Waals surface area contributed by atoms with E-state index in [1.807, 2.05) is 0 Å². The minimum atomic E-state index is -1.13. The molecule has 2 heterocycles. The average Bonchev–Trinajstić information content (AvgIpc) is 2.90. The summed E-state index contributed by atoms with van der Waals surface area (Å²) < 4.78 is 14.9. The van der Waals surface area contributed by atoms with E-state index in [4.69, 9.17) is 5.11 Å². The summed E-state index contributed by atoms with van der Waals surface area (Å²) in [5.74, 6) is -2.07. The number of halogens is 1. The van der Waals surface area contributed by atoms with Crippen LogP contribution in [0.15, 0.2) is 42.7 Å². The number of imidazole rings is 1. The van der Waals surface area contributed by atoms with E-state index >= 15 is 0 Å². The van der Waals surface area contributed by atoms with Crippen LogP contribution < -0.4 is 0 Å². The average molecular weight is 301 g/mol. The molecule has 0 aliphatic rings. The Bertz CT molecular complexity index is 920. The molecule has 1 N–H and O–H groups in total. The minimum absolute atomic E-state index is 0.00496. The van der Waals surface area contributed by atoms with Crippen LogP contribution in [0.25, 0.3) is 16.9 Å². The summed E-state index contributed by atoms with van der Waals surface area (Å²) in [5, 5.41) is 19.9. The predicted octanol–water partition coefficient (Wildman–Crippen LogP) is 2.75. The maximum Gasteiger partial charge on any atom is 0.339 e. The van der Waals surface area contributed by atoms with Gasteiger partial charge in [-0.05, 0) is 24.3 Å². The molecule has 0 radical (unpaired) electrons. The monoisotopic (exact) mass is 301 g/mol. The van der Waals surface area contributed by atoms with Crippen LogP contribution in [-0.4, -0.2) is 25.4 Å². The Labute approximate surface area is 122 Å². The van der Waals surface area contributed by atoms with Crippen molar-refractivity contribution in [2.45, 2.75) is 0 Å². The Hall–Kier alpha value is -3.29. The van der Waals surface area contributed by atoms with Crippen molar-refractivity contribution in [3.05, 3.63) is 64.2 Å². The van der Waals surface area contributed by atoms with Crippen molar-refractivity contribution in [3.8, 4) is 11.3 Å². The number of fused-ring (bicyclic) bond motifs is 1. The van der Waals surface area contributed by atoms with Crippen LogP contribution >= 0.6 is 0 Å². The third-order valence-corrected chi connectivity index (χ3v) is 3.15. The molecule has 22 heavy (non-hydrogen) atoms. The van der Waals surface area contributed by atoms with Gasteiger partial charge in [-0.1, -0.05) is 0 Å². The van der Waals surface area contributed by atoms with Crippen molar-refractivity contribution in [3.63, 3.8) is 0 Å². The Morgan fingerprint density at radius 1 is 1.36 bits per heavy atom. The Morgan fingerprint density at radius 2 is 2.14 bits per heavy atom. The minimum Gasteiger partial charge on any atom is -0.478 e. The second-order valence-electron chi connectivity index (χ2n) is 4.51. The first-order valence-electron chi connectivity index (χ1n) is 6.12. The first-order valence-corrected chi connectivity index (χ1v) is 6.12. The van der Waals surface area contributed by atoms with Gasteiger partial charge in [0.05, 0.1) is 10.6 Å². The molecule has 0 saturated carbocycles. The lowest BCUT2D eigenvalue weighted by atomic mass is 10.1. The molecule has 2 aromatic heterocycles. The van der Waals surface area contributed by atoms with Crippen LogP contribution in [0.3, 0.4) is 0 Å². The predicted molar refractivity (Wildman–Crippen MR) is 74.2 cm³/mol. The molecular formula is C14H8FN3O4. The highest BCUT2D eigenvalue weighted by atomic mass is 19.1. The molecule has 1 aromatic carbocycles. The number of nitrogens with zero attached hydrogens (tertiary/aromatic N) is 3. The van der Waals surface area contributed by atoms with E-state index in [0.717, 1.165) is 12.1 Å². The standard InChI is InChI=1S/C14H8FN3O4/c15-10-4-3-8(6-12(10)18(21)22)11-7-17-5-1-2-9(14(19)20)13(17)16-11/h1-7H,(H,19,20). The molecule has 3 aromatic rings. The van der Waals surface area contributed by atoms with Gasteiger partial charge in [0.1, 0.15) is 5.56 Å². The van der Waals surface area contributed by atoms with Crippen LogP contribution in [0.1, 0.15) is 10.4 Å². The van der Waals surface area contributed by atoms with Crippen molar-refractivity contribution < 1.29 is 19.2 Å². The molecule has 8 heteroatoms. The third-order valence-electron chi connectivity index (χ3n) is 3.15. The number of nitro groups is 1.